The van der Waals surface area contributed by atoms with Crippen molar-refractivity contribution >= 4 is 11.8 Å². The third-order valence-electron chi connectivity index (χ3n) is 3.57. The van der Waals surface area contributed by atoms with Crippen molar-refractivity contribution in [2.45, 2.75) is 38.7 Å². The van der Waals surface area contributed by atoms with Crippen LogP contribution in [0.2, 0.25) is 0 Å². The van der Waals surface area contributed by atoms with Crippen LogP contribution in [0.1, 0.15) is 38.7 Å². The third kappa shape index (κ3) is 3.80. The number of amides is 1. The minimum absolute atomic E-state index is 0.244. The Labute approximate surface area is 126 Å². The van der Waals surface area contributed by atoms with Gasteiger partial charge in [0.25, 0.3) is 0 Å². The van der Waals surface area contributed by atoms with Gasteiger partial charge in [-0.05, 0) is 44.9 Å². The van der Waals surface area contributed by atoms with E-state index in [2.05, 4.69) is 0 Å². The van der Waals surface area contributed by atoms with E-state index in [0.29, 0.717) is 30.4 Å². The summed E-state index contributed by atoms with van der Waals surface area (Å²) in [6, 6.07) is 5.82. The highest BCUT2D eigenvalue weighted by Crippen LogP contribution is 2.32. The SMILES string of the molecule is COc1ccc(C2CCN(C(=O)OC(C)(C)C)C2)cc1N. The highest BCUT2D eigenvalue weighted by Gasteiger charge is 2.30. The fourth-order valence-electron chi connectivity index (χ4n) is 2.53. The molecule has 0 aliphatic carbocycles. The predicted octanol–water partition coefficient (Wildman–Crippen LogP) is 3.00. The number of nitrogens with zero attached hydrogens (tertiary/aromatic N) is 1. The molecule has 5 nitrogen and oxygen atoms in total. The lowest BCUT2D eigenvalue weighted by Crippen LogP contribution is -2.35. The molecule has 0 aromatic heterocycles. The summed E-state index contributed by atoms with van der Waals surface area (Å²) < 4.78 is 10.6. The van der Waals surface area contributed by atoms with E-state index in [1.54, 1.807) is 12.0 Å². The van der Waals surface area contributed by atoms with Crippen LogP contribution in [0, 0.1) is 0 Å². The summed E-state index contributed by atoms with van der Waals surface area (Å²) in [6.45, 7) is 7.01. The number of rotatable bonds is 2. The van der Waals surface area contributed by atoms with Crippen LogP contribution in [0.15, 0.2) is 18.2 Å². The highest BCUT2D eigenvalue weighted by atomic mass is 16.6. The normalized spacial score (nSPS) is 18.7. The fourth-order valence-corrected chi connectivity index (χ4v) is 2.53. The number of likely N-dealkylation sites (tertiary alicyclic amines) is 1. The zero-order valence-electron chi connectivity index (χ0n) is 13.2. The van der Waals surface area contributed by atoms with Crippen molar-refractivity contribution in [2.75, 3.05) is 25.9 Å². The van der Waals surface area contributed by atoms with Crippen molar-refractivity contribution in [3.05, 3.63) is 23.8 Å². The average Bonchev–Trinajstić information content (AvgIpc) is 2.86. The van der Waals surface area contributed by atoms with Crippen molar-refractivity contribution in [2.24, 2.45) is 0 Å². The molecule has 1 unspecified atom stereocenters. The molecule has 0 bridgehead atoms. The van der Waals surface area contributed by atoms with Crippen molar-refractivity contribution in [1.82, 2.24) is 4.90 Å². The van der Waals surface area contributed by atoms with Crippen LogP contribution in [0.5, 0.6) is 5.75 Å². The summed E-state index contributed by atoms with van der Waals surface area (Å²) in [7, 11) is 1.60. The number of carbonyl (C=O) groups excluding carboxylic acids is 1. The van der Waals surface area contributed by atoms with E-state index in [1.165, 1.54) is 0 Å². The molecule has 1 aliphatic heterocycles. The molecule has 1 fully saturated rings. The van der Waals surface area contributed by atoms with Crippen molar-refractivity contribution in [3.8, 4) is 5.75 Å². The van der Waals surface area contributed by atoms with Gasteiger partial charge in [-0.2, -0.15) is 0 Å². The molecule has 1 heterocycles. The number of nitrogen functional groups attached to an aromatic ring is 1. The Morgan fingerprint density at radius 1 is 1.38 bits per heavy atom. The standard InChI is InChI=1S/C16H24N2O3/c1-16(2,3)21-15(19)18-8-7-12(10-18)11-5-6-14(20-4)13(17)9-11/h5-6,9,12H,7-8,10,17H2,1-4H3. The number of anilines is 1. The van der Waals surface area contributed by atoms with Gasteiger partial charge in [0.1, 0.15) is 11.4 Å². The third-order valence-corrected chi connectivity index (χ3v) is 3.57. The van der Waals surface area contributed by atoms with Gasteiger partial charge in [0, 0.05) is 19.0 Å². The van der Waals surface area contributed by atoms with E-state index in [1.807, 2.05) is 39.0 Å². The second-order valence-electron chi connectivity index (χ2n) is 6.41. The summed E-state index contributed by atoms with van der Waals surface area (Å²) in [5.74, 6) is 0.978. The summed E-state index contributed by atoms with van der Waals surface area (Å²) in [5.41, 5.74) is 7.26. The van der Waals surface area contributed by atoms with Crippen LogP contribution < -0.4 is 10.5 Å². The number of ether oxygens (including phenoxy) is 2. The van der Waals surface area contributed by atoms with Gasteiger partial charge < -0.3 is 20.1 Å². The minimum Gasteiger partial charge on any atom is -0.495 e. The Bertz CT molecular complexity index is 523. The molecule has 2 N–H and O–H groups in total. The zero-order chi connectivity index (χ0) is 15.6. The molecular formula is C16H24N2O3. The number of nitrogens with two attached hydrogens (primary N) is 1. The van der Waals surface area contributed by atoms with Gasteiger partial charge in [-0.25, -0.2) is 4.79 Å². The van der Waals surface area contributed by atoms with Gasteiger partial charge in [0.05, 0.1) is 12.8 Å². The molecule has 1 amide bonds. The van der Waals surface area contributed by atoms with Gasteiger partial charge in [0.2, 0.25) is 0 Å². The molecule has 1 aliphatic rings. The lowest BCUT2D eigenvalue weighted by molar-refractivity contribution is 0.0292. The first kappa shape index (κ1) is 15.5. The second kappa shape index (κ2) is 5.84. The first-order valence-corrected chi connectivity index (χ1v) is 7.21. The van der Waals surface area contributed by atoms with Crippen LogP contribution in [-0.4, -0.2) is 36.8 Å². The Morgan fingerprint density at radius 3 is 2.67 bits per heavy atom. The van der Waals surface area contributed by atoms with Crippen LogP contribution in [-0.2, 0) is 4.74 Å². The van der Waals surface area contributed by atoms with Gasteiger partial charge in [-0.1, -0.05) is 6.07 Å². The zero-order valence-corrected chi connectivity index (χ0v) is 13.2. The molecule has 0 spiro atoms. The molecule has 0 radical (unpaired) electrons. The van der Waals surface area contributed by atoms with Crippen LogP contribution in [0.3, 0.4) is 0 Å². The Balaban J connectivity index is 2.02. The van der Waals surface area contributed by atoms with Crippen molar-refractivity contribution in [3.63, 3.8) is 0 Å². The molecule has 1 atom stereocenters. The lowest BCUT2D eigenvalue weighted by atomic mass is 9.98. The second-order valence-corrected chi connectivity index (χ2v) is 6.41. The number of hydrogen-bond acceptors (Lipinski definition) is 4. The van der Waals surface area contributed by atoms with Crippen LogP contribution >= 0.6 is 0 Å². The molecule has 5 heteroatoms. The summed E-state index contributed by atoms with van der Waals surface area (Å²) >= 11 is 0. The molecule has 0 saturated carbocycles. The maximum Gasteiger partial charge on any atom is 0.410 e. The van der Waals surface area contributed by atoms with E-state index in [-0.39, 0.29) is 6.09 Å². The largest absolute Gasteiger partial charge is 0.495 e. The van der Waals surface area contributed by atoms with Crippen molar-refractivity contribution < 1.29 is 14.3 Å². The molecular weight excluding hydrogens is 268 g/mol. The number of benzene rings is 1. The quantitative estimate of drug-likeness (QED) is 0.851. The Kier molecular flexibility index (Phi) is 4.30. The minimum atomic E-state index is -0.459. The monoisotopic (exact) mass is 292 g/mol. The fraction of sp³-hybridized carbons (Fsp3) is 0.562. The van der Waals surface area contributed by atoms with E-state index >= 15 is 0 Å². The molecule has 1 saturated heterocycles. The summed E-state index contributed by atoms with van der Waals surface area (Å²) in [4.78, 5) is 13.8. The number of hydrogen-bond donors (Lipinski definition) is 1. The van der Waals surface area contributed by atoms with E-state index in [9.17, 15) is 4.79 Å². The topological polar surface area (TPSA) is 64.8 Å². The van der Waals surface area contributed by atoms with Gasteiger partial charge in [-0.3, -0.25) is 0 Å². The molecule has 1 aromatic rings. The number of carbonyl (C=O) groups is 1. The molecule has 1 aromatic carbocycles. The van der Waals surface area contributed by atoms with E-state index < -0.39 is 5.60 Å². The maximum atomic E-state index is 12.1. The summed E-state index contributed by atoms with van der Waals surface area (Å²) in [6.07, 6.45) is 0.678. The molecule has 116 valence electrons. The average molecular weight is 292 g/mol. The van der Waals surface area contributed by atoms with Crippen molar-refractivity contribution in [1.29, 1.82) is 0 Å². The predicted molar refractivity (Wildman–Crippen MR) is 82.6 cm³/mol. The van der Waals surface area contributed by atoms with Gasteiger partial charge in [-0.15, -0.1) is 0 Å². The first-order valence-electron chi connectivity index (χ1n) is 7.21. The molecule has 21 heavy (non-hydrogen) atoms. The molecule has 2 rings (SSSR count). The van der Waals surface area contributed by atoms with Crippen LogP contribution in [0.25, 0.3) is 0 Å². The first-order chi connectivity index (χ1) is 9.80. The highest BCUT2D eigenvalue weighted by molar-refractivity contribution is 5.68. The maximum absolute atomic E-state index is 12.1. The Hall–Kier alpha value is -1.91. The van der Waals surface area contributed by atoms with E-state index in [4.69, 9.17) is 15.2 Å². The van der Waals surface area contributed by atoms with Crippen LogP contribution in [0.4, 0.5) is 10.5 Å². The smallest absolute Gasteiger partial charge is 0.410 e. The van der Waals surface area contributed by atoms with E-state index in [0.717, 1.165) is 12.0 Å². The number of methoxy groups -OCH3 is 1. The summed E-state index contributed by atoms with van der Waals surface area (Å²) in [5, 5.41) is 0. The Morgan fingerprint density at radius 2 is 2.10 bits per heavy atom. The van der Waals surface area contributed by atoms with Gasteiger partial charge >= 0.3 is 6.09 Å². The van der Waals surface area contributed by atoms with Gasteiger partial charge in [0.15, 0.2) is 0 Å². The lowest BCUT2D eigenvalue weighted by Gasteiger charge is -2.24.